The van der Waals surface area contributed by atoms with E-state index < -0.39 is 0 Å². The number of benzene rings is 2. The Kier molecular flexibility index (Phi) is 6.02. The molecule has 1 N–H and O–H groups in total. The Morgan fingerprint density at radius 3 is 2.39 bits per heavy atom. The van der Waals surface area contributed by atoms with Crippen LogP contribution in [-0.4, -0.2) is 31.4 Å². The van der Waals surface area contributed by atoms with Crippen LogP contribution in [0.1, 0.15) is 31.4 Å². The molecule has 1 aliphatic heterocycles. The van der Waals surface area contributed by atoms with Crippen LogP contribution in [0.5, 0.6) is 0 Å². The van der Waals surface area contributed by atoms with Crippen LogP contribution in [-0.2, 0) is 9.59 Å². The molecule has 0 spiro atoms. The quantitative estimate of drug-likeness (QED) is 0.821. The maximum Gasteiger partial charge on any atom is 0.229 e. The van der Waals surface area contributed by atoms with Gasteiger partial charge >= 0.3 is 0 Å². The molecular formula is C23H29N3O2. The predicted octanol–water partition coefficient (Wildman–Crippen LogP) is 4.14. The molecule has 1 saturated heterocycles. The van der Waals surface area contributed by atoms with Crippen molar-refractivity contribution in [3.05, 3.63) is 53.6 Å². The normalized spacial score (nSPS) is 16.4. The molecule has 1 aliphatic rings. The first-order chi connectivity index (χ1) is 13.4. The van der Waals surface area contributed by atoms with Crippen molar-refractivity contribution in [2.45, 2.75) is 34.1 Å². The van der Waals surface area contributed by atoms with Gasteiger partial charge in [0.2, 0.25) is 11.8 Å². The van der Waals surface area contributed by atoms with E-state index in [0.29, 0.717) is 6.54 Å². The van der Waals surface area contributed by atoms with E-state index >= 15 is 0 Å². The van der Waals surface area contributed by atoms with Crippen molar-refractivity contribution in [3.8, 4) is 0 Å². The Labute approximate surface area is 167 Å². The summed E-state index contributed by atoms with van der Waals surface area (Å²) in [7, 11) is 0. The molecule has 1 fully saturated rings. The zero-order valence-electron chi connectivity index (χ0n) is 17.2. The molecule has 5 nitrogen and oxygen atoms in total. The molecule has 3 rings (SSSR count). The van der Waals surface area contributed by atoms with Gasteiger partial charge in [-0.15, -0.1) is 0 Å². The van der Waals surface area contributed by atoms with Crippen molar-refractivity contribution in [2.75, 3.05) is 34.8 Å². The van der Waals surface area contributed by atoms with Crippen molar-refractivity contribution >= 4 is 28.9 Å². The Hall–Kier alpha value is -2.82. The largest absolute Gasteiger partial charge is 0.372 e. The van der Waals surface area contributed by atoms with E-state index in [2.05, 4.69) is 30.1 Å². The van der Waals surface area contributed by atoms with Gasteiger partial charge in [-0.05, 0) is 63.6 Å². The third-order valence-corrected chi connectivity index (χ3v) is 5.44. The van der Waals surface area contributed by atoms with Gasteiger partial charge in [-0.1, -0.05) is 17.7 Å². The third-order valence-electron chi connectivity index (χ3n) is 5.44. The number of nitrogens with zero attached hydrogens (tertiary/aromatic N) is 2. The number of amides is 2. The van der Waals surface area contributed by atoms with E-state index in [1.165, 1.54) is 0 Å². The molecule has 28 heavy (non-hydrogen) atoms. The maximum atomic E-state index is 12.8. The molecule has 1 heterocycles. The minimum absolute atomic E-state index is 0.00222. The number of rotatable bonds is 6. The fourth-order valence-corrected chi connectivity index (χ4v) is 3.67. The van der Waals surface area contributed by atoms with Gasteiger partial charge in [-0.3, -0.25) is 9.59 Å². The number of anilines is 3. The van der Waals surface area contributed by atoms with Gasteiger partial charge < -0.3 is 15.1 Å². The Balaban J connectivity index is 1.68. The summed E-state index contributed by atoms with van der Waals surface area (Å²) in [5.41, 5.74) is 4.99. The molecule has 0 saturated carbocycles. The van der Waals surface area contributed by atoms with E-state index in [0.717, 1.165) is 41.3 Å². The average Bonchev–Trinajstić information content (AvgIpc) is 3.07. The summed E-state index contributed by atoms with van der Waals surface area (Å²) < 4.78 is 0. The van der Waals surface area contributed by atoms with Crippen LogP contribution >= 0.6 is 0 Å². The highest BCUT2D eigenvalue weighted by atomic mass is 16.2. The van der Waals surface area contributed by atoms with Crippen LogP contribution in [0, 0.1) is 19.8 Å². The fourth-order valence-electron chi connectivity index (χ4n) is 3.67. The van der Waals surface area contributed by atoms with Gasteiger partial charge in [-0.2, -0.15) is 0 Å². The smallest absolute Gasteiger partial charge is 0.229 e. The molecule has 2 amide bonds. The highest BCUT2D eigenvalue weighted by Crippen LogP contribution is 2.28. The first-order valence-corrected chi connectivity index (χ1v) is 9.96. The number of hydrogen-bond acceptors (Lipinski definition) is 3. The Morgan fingerprint density at radius 2 is 1.79 bits per heavy atom. The standard InChI is InChI=1S/C23H29N3O2/c1-5-25(6-2)20-11-12-21(17(4)13-20)24-23(28)18-14-22(27)26(15-18)19-9-7-16(3)8-10-19/h7-13,18H,5-6,14-15H2,1-4H3,(H,24,28). The van der Waals surface area contributed by atoms with E-state index in [4.69, 9.17) is 0 Å². The summed E-state index contributed by atoms with van der Waals surface area (Å²) in [5.74, 6) is -0.435. The van der Waals surface area contributed by atoms with Crippen molar-refractivity contribution < 1.29 is 9.59 Å². The molecule has 2 aromatic carbocycles. The van der Waals surface area contributed by atoms with Crippen molar-refractivity contribution in [1.82, 2.24) is 0 Å². The SMILES string of the molecule is CCN(CC)c1ccc(NC(=O)C2CC(=O)N(c3ccc(C)cc3)C2)c(C)c1. The van der Waals surface area contributed by atoms with Crippen LogP contribution in [0.4, 0.5) is 17.1 Å². The highest BCUT2D eigenvalue weighted by molar-refractivity contribution is 6.03. The molecule has 2 aromatic rings. The van der Waals surface area contributed by atoms with Crippen LogP contribution in [0.2, 0.25) is 0 Å². The summed E-state index contributed by atoms with van der Waals surface area (Å²) in [6.45, 7) is 10.6. The lowest BCUT2D eigenvalue weighted by molar-refractivity contribution is -0.122. The minimum atomic E-state index is -0.337. The second-order valence-corrected chi connectivity index (χ2v) is 7.40. The number of nitrogens with one attached hydrogen (secondary N) is 1. The number of hydrogen-bond donors (Lipinski definition) is 1. The van der Waals surface area contributed by atoms with Gasteiger partial charge in [-0.25, -0.2) is 0 Å². The second kappa shape index (κ2) is 8.46. The summed E-state index contributed by atoms with van der Waals surface area (Å²) in [6.07, 6.45) is 0.246. The van der Waals surface area contributed by atoms with Crippen molar-refractivity contribution in [2.24, 2.45) is 5.92 Å². The molecule has 0 aliphatic carbocycles. The van der Waals surface area contributed by atoms with E-state index in [-0.39, 0.29) is 24.2 Å². The molecule has 5 heteroatoms. The van der Waals surface area contributed by atoms with E-state index in [1.54, 1.807) is 4.90 Å². The first-order valence-electron chi connectivity index (χ1n) is 9.96. The molecule has 0 bridgehead atoms. The number of aryl methyl sites for hydroxylation is 2. The number of carbonyl (C=O) groups excluding carboxylic acids is 2. The Morgan fingerprint density at radius 1 is 1.11 bits per heavy atom. The van der Waals surface area contributed by atoms with Crippen LogP contribution < -0.4 is 15.1 Å². The summed E-state index contributed by atoms with van der Waals surface area (Å²) in [5, 5.41) is 3.02. The average molecular weight is 380 g/mol. The fraction of sp³-hybridized carbons (Fsp3) is 0.391. The van der Waals surface area contributed by atoms with Crippen molar-refractivity contribution in [3.63, 3.8) is 0 Å². The number of carbonyl (C=O) groups is 2. The second-order valence-electron chi connectivity index (χ2n) is 7.40. The summed E-state index contributed by atoms with van der Waals surface area (Å²) in [6, 6.07) is 13.9. The lowest BCUT2D eigenvalue weighted by Crippen LogP contribution is -2.28. The summed E-state index contributed by atoms with van der Waals surface area (Å²) >= 11 is 0. The zero-order chi connectivity index (χ0) is 20.3. The van der Waals surface area contributed by atoms with Gasteiger partial charge in [0.15, 0.2) is 0 Å². The highest BCUT2D eigenvalue weighted by Gasteiger charge is 2.35. The van der Waals surface area contributed by atoms with Crippen molar-refractivity contribution in [1.29, 1.82) is 0 Å². The van der Waals surface area contributed by atoms with E-state index in [1.807, 2.05) is 50.2 Å². The minimum Gasteiger partial charge on any atom is -0.372 e. The first kappa shape index (κ1) is 19.9. The lowest BCUT2D eigenvalue weighted by atomic mass is 10.1. The molecule has 1 atom stereocenters. The molecule has 0 aromatic heterocycles. The Bertz CT molecular complexity index is 857. The van der Waals surface area contributed by atoms with Crippen LogP contribution in [0.25, 0.3) is 0 Å². The van der Waals surface area contributed by atoms with Crippen LogP contribution in [0.3, 0.4) is 0 Å². The van der Waals surface area contributed by atoms with Gasteiger partial charge in [0, 0.05) is 43.1 Å². The van der Waals surface area contributed by atoms with Gasteiger partial charge in [0.05, 0.1) is 5.92 Å². The predicted molar refractivity (Wildman–Crippen MR) is 115 cm³/mol. The summed E-state index contributed by atoms with van der Waals surface area (Å²) in [4.78, 5) is 29.2. The van der Waals surface area contributed by atoms with E-state index in [9.17, 15) is 9.59 Å². The third kappa shape index (κ3) is 4.19. The molecular weight excluding hydrogens is 350 g/mol. The van der Waals surface area contributed by atoms with Crippen LogP contribution in [0.15, 0.2) is 42.5 Å². The van der Waals surface area contributed by atoms with Gasteiger partial charge in [0.25, 0.3) is 0 Å². The topological polar surface area (TPSA) is 52.7 Å². The monoisotopic (exact) mass is 379 g/mol. The lowest BCUT2D eigenvalue weighted by Gasteiger charge is -2.22. The maximum absolute atomic E-state index is 12.8. The molecule has 0 radical (unpaired) electrons. The molecule has 1 unspecified atom stereocenters. The molecule has 148 valence electrons. The zero-order valence-corrected chi connectivity index (χ0v) is 17.2. The van der Waals surface area contributed by atoms with Gasteiger partial charge in [0.1, 0.15) is 0 Å².